The van der Waals surface area contributed by atoms with Crippen LogP contribution in [0.15, 0.2) is 59.3 Å². The summed E-state index contributed by atoms with van der Waals surface area (Å²) >= 11 is 1.06. The van der Waals surface area contributed by atoms with Gasteiger partial charge in [-0.1, -0.05) is 17.3 Å². The number of hydrogen-bond donors (Lipinski definition) is 0. The number of carbonyl (C=O) groups excluding carboxylic acids is 1. The monoisotopic (exact) mass is 411 g/mol. The quantitative estimate of drug-likeness (QED) is 0.342. The number of rotatable bonds is 6. The molecular weight excluding hydrogens is 397 g/mol. The van der Waals surface area contributed by atoms with E-state index in [2.05, 4.69) is 15.1 Å². The van der Waals surface area contributed by atoms with E-state index in [-0.39, 0.29) is 11.5 Å². The van der Waals surface area contributed by atoms with E-state index in [1.165, 1.54) is 12.3 Å². The van der Waals surface area contributed by atoms with Gasteiger partial charge in [-0.25, -0.2) is 14.2 Å². The summed E-state index contributed by atoms with van der Waals surface area (Å²) < 4.78 is 29.7. The van der Waals surface area contributed by atoms with Crippen molar-refractivity contribution in [1.29, 1.82) is 0 Å². The van der Waals surface area contributed by atoms with Gasteiger partial charge in [0, 0.05) is 5.56 Å². The number of ether oxygens (including phenoxy) is 2. The average Bonchev–Trinajstić information content (AvgIpc) is 3.37. The van der Waals surface area contributed by atoms with Gasteiger partial charge in [0.2, 0.25) is 0 Å². The molecule has 146 valence electrons. The number of hydrogen-bond acceptors (Lipinski definition) is 8. The molecule has 0 radical (unpaired) electrons. The highest BCUT2D eigenvalue weighted by Crippen LogP contribution is 2.28. The Hall–Kier alpha value is -3.59. The zero-order valence-electron chi connectivity index (χ0n) is 15.2. The van der Waals surface area contributed by atoms with Crippen LogP contribution in [0.3, 0.4) is 0 Å². The van der Waals surface area contributed by atoms with E-state index >= 15 is 0 Å². The number of aromatic nitrogens is 3. The van der Waals surface area contributed by atoms with Crippen molar-refractivity contribution in [2.45, 2.75) is 13.5 Å². The molecule has 0 saturated heterocycles. The molecule has 0 spiro atoms. The van der Waals surface area contributed by atoms with Gasteiger partial charge in [0.1, 0.15) is 27.2 Å². The van der Waals surface area contributed by atoms with E-state index < -0.39 is 11.8 Å². The van der Waals surface area contributed by atoms with E-state index in [4.69, 9.17) is 14.0 Å². The van der Waals surface area contributed by atoms with Crippen LogP contribution < -0.4 is 9.47 Å². The fourth-order valence-corrected chi connectivity index (χ4v) is 3.25. The van der Waals surface area contributed by atoms with Gasteiger partial charge in [-0.15, -0.1) is 11.3 Å². The van der Waals surface area contributed by atoms with Gasteiger partial charge in [0.05, 0.1) is 6.20 Å². The minimum atomic E-state index is -0.569. The van der Waals surface area contributed by atoms with Crippen LogP contribution >= 0.6 is 11.3 Å². The lowest BCUT2D eigenvalue weighted by Gasteiger charge is -2.05. The number of carbonyl (C=O) groups is 1. The summed E-state index contributed by atoms with van der Waals surface area (Å²) in [7, 11) is 0. The molecule has 0 aliphatic heterocycles. The molecule has 9 heteroatoms. The topological polar surface area (TPSA) is 87.3 Å². The lowest BCUT2D eigenvalue weighted by Crippen LogP contribution is -2.06. The SMILES string of the molecule is Cc1noc(COc2ccc(OC(=O)c3cnc(-c4ccccc4F)s3)cc2)n1. The molecule has 0 aliphatic rings. The van der Waals surface area contributed by atoms with Gasteiger partial charge in [-0.05, 0) is 43.3 Å². The van der Waals surface area contributed by atoms with Crippen LogP contribution in [0.25, 0.3) is 10.6 Å². The minimum Gasteiger partial charge on any atom is -0.484 e. The largest absolute Gasteiger partial charge is 0.484 e. The summed E-state index contributed by atoms with van der Waals surface area (Å²) in [6.45, 7) is 1.86. The molecule has 0 saturated carbocycles. The van der Waals surface area contributed by atoms with Crippen LogP contribution in [0.2, 0.25) is 0 Å². The first-order chi connectivity index (χ1) is 14.1. The average molecular weight is 411 g/mol. The summed E-state index contributed by atoms with van der Waals surface area (Å²) in [5.41, 5.74) is 0.342. The second kappa shape index (κ2) is 8.19. The van der Waals surface area contributed by atoms with Crippen molar-refractivity contribution >= 4 is 17.3 Å². The summed E-state index contributed by atoms with van der Waals surface area (Å²) in [5.74, 6) is 0.839. The third-order valence-electron chi connectivity index (χ3n) is 3.78. The van der Waals surface area contributed by atoms with Crippen LogP contribution in [0.5, 0.6) is 11.5 Å². The third kappa shape index (κ3) is 4.46. The van der Waals surface area contributed by atoms with Crippen molar-refractivity contribution in [3.05, 3.63) is 77.1 Å². The lowest BCUT2D eigenvalue weighted by molar-refractivity contribution is 0.0739. The van der Waals surface area contributed by atoms with E-state index in [0.717, 1.165) is 11.3 Å². The molecule has 4 rings (SSSR count). The Morgan fingerprint density at radius 2 is 1.90 bits per heavy atom. The maximum atomic E-state index is 13.9. The van der Waals surface area contributed by atoms with Crippen LogP contribution in [-0.2, 0) is 6.61 Å². The number of thiazole rings is 1. The third-order valence-corrected chi connectivity index (χ3v) is 4.79. The first-order valence-electron chi connectivity index (χ1n) is 8.53. The number of benzene rings is 2. The second-order valence-corrected chi connectivity index (χ2v) is 6.93. The molecule has 2 aromatic heterocycles. The Morgan fingerprint density at radius 3 is 2.62 bits per heavy atom. The molecule has 2 heterocycles. The highest BCUT2D eigenvalue weighted by molar-refractivity contribution is 7.16. The van der Waals surface area contributed by atoms with Crippen LogP contribution in [0.4, 0.5) is 4.39 Å². The van der Waals surface area contributed by atoms with Crippen molar-refractivity contribution in [2.24, 2.45) is 0 Å². The van der Waals surface area contributed by atoms with E-state index in [0.29, 0.717) is 33.8 Å². The van der Waals surface area contributed by atoms with Crippen molar-refractivity contribution in [3.8, 4) is 22.1 Å². The zero-order valence-corrected chi connectivity index (χ0v) is 16.0. The van der Waals surface area contributed by atoms with Crippen molar-refractivity contribution < 1.29 is 23.2 Å². The smallest absolute Gasteiger partial charge is 0.355 e. The first kappa shape index (κ1) is 18.8. The molecular formula is C20H14FN3O4S. The fourth-order valence-electron chi connectivity index (χ4n) is 2.43. The Bertz CT molecular complexity index is 1140. The Balaban J connectivity index is 1.38. The minimum absolute atomic E-state index is 0.139. The molecule has 0 N–H and O–H groups in total. The van der Waals surface area contributed by atoms with Gasteiger partial charge in [0.25, 0.3) is 5.89 Å². The summed E-state index contributed by atoms with van der Waals surface area (Å²) in [5, 5.41) is 4.09. The van der Waals surface area contributed by atoms with Crippen LogP contribution in [0, 0.1) is 12.7 Å². The summed E-state index contributed by atoms with van der Waals surface area (Å²) in [4.78, 5) is 20.8. The summed E-state index contributed by atoms with van der Waals surface area (Å²) in [6, 6.07) is 12.8. The Labute approximate surface area is 168 Å². The zero-order chi connectivity index (χ0) is 20.2. The summed E-state index contributed by atoms with van der Waals surface area (Å²) in [6.07, 6.45) is 1.37. The van der Waals surface area contributed by atoms with Crippen LogP contribution in [-0.4, -0.2) is 21.1 Å². The normalized spacial score (nSPS) is 10.7. The number of halogens is 1. The van der Waals surface area contributed by atoms with Crippen LogP contribution in [0.1, 0.15) is 21.4 Å². The number of nitrogens with zero attached hydrogens (tertiary/aromatic N) is 3. The highest BCUT2D eigenvalue weighted by Gasteiger charge is 2.16. The van der Waals surface area contributed by atoms with E-state index in [9.17, 15) is 9.18 Å². The molecule has 4 aromatic rings. The van der Waals surface area contributed by atoms with E-state index in [1.807, 2.05) is 0 Å². The molecule has 7 nitrogen and oxygen atoms in total. The maximum absolute atomic E-state index is 13.9. The van der Waals surface area contributed by atoms with E-state index in [1.54, 1.807) is 49.4 Å². The van der Waals surface area contributed by atoms with Gasteiger partial charge in [-0.3, -0.25) is 0 Å². The Morgan fingerprint density at radius 1 is 1.14 bits per heavy atom. The highest BCUT2D eigenvalue weighted by atomic mass is 32.1. The van der Waals surface area contributed by atoms with Crippen molar-refractivity contribution in [3.63, 3.8) is 0 Å². The molecule has 0 atom stereocenters. The standard InChI is InChI=1S/C20H14FN3O4S/c1-12-23-18(28-24-12)11-26-13-6-8-14(9-7-13)27-20(25)17-10-22-19(29-17)15-4-2-3-5-16(15)21/h2-10H,11H2,1H3. The fraction of sp³-hybridized carbons (Fsp3) is 0.100. The predicted octanol–water partition coefficient (Wildman–Crippen LogP) is 4.44. The van der Waals surface area contributed by atoms with Gasteiger partial charge in [-0.2, -0.15) is 4.98 Å². The predicted molar refractivity (Wildman–Crippen MR) is 102 cm³/mol. The lowest BCUT2D eigenvalue weighted by atomic mass is 10.2. The molecule has 2 aromatic carbocycles. The van der Waals surface area contributed by atoms with Gasteiger partial charge < -0.3 is 14.0 Å². The number of esters is 1. The van der Waals surface area contributed by atoms with Gasteiger partial charge in [0.15, 0.2) is 12.4 Å². The molecule has 0 unspecified atom stereocenters. The molecule has 29 heavy (non-hydrogen) atoms. The molecule has 0 fully saturated rings. The van der Waals surface area contributed by atoms with Gasteiger partial charge >= 0.3 is 5.97 Å². The molecule has 0 bridgehead atoms. The van der Waals surface area contributed by atoms with Crippen molar-refractivity contribution in [2.75, 3.05) is 0 Å². The first-order valence-corrected chi connectivity index (χ1v) is 9.35. The molecule has 0 amide bonds. The Kier molecular flexibility index (Phi) is 5.30. The van der Waals surface area contributed by atoms with Crippen molar-refractivity contribution in [1.82, 2.24) is 15.1 Å². The molecule has 0 aliphatic carbocycles. The maximum Gasteiger partial charge on any atom is 0.355 e. The number of aryl methyl sites for hydroxylation is 1. The second-order valence-electron chi connectivity index (χ2n) is 5.89.